The maximum atomic E-state index is 11.3. The molecule has 0 aliphatic rings. The van der Waals surface area contributed by atoms with Gasteiger partial charge in [-0.15, -0.1) is 0 Å². The van der Waals surface area contributed by atoms with E-state index in [2.05, 4.69) is 6.92 Å². The fraction of sp³-hybridized carbons (Fsp3) is 0.929. The Morgan fingerprint density at radius 3 is 1.00 bits per heavy atom. The number of nitrogens with two attached hydrogens (primary N) is 1. The van der Waals surface area contributed by atoms with Gasteiger partial charge in [-0.25, -0.2) is 0 Å². The highest BCUT2D eigenvalue weighted by atomic mass is 16.2. The van der Waals surface area contributed by atoms with Crippen molar-refractivity contribution in [1.82, 2.24) is 0 Å². The Morgan fingerprint density at radius 1 is 0.516 bits per heavy atom. The number of unbranched alkanes of at least 4 members (excludes halogenated alkanes) is 21. The summed E-state index contributed by atoms with van der Waals surface area (Å²) in [6.45, 7) is 3.75. The molecule has 0 aromatic rings. The molecule has 0 spiro atoms. The van der Waals surface area contributed by atoms with Crippen LogP contribution in [0.4, 0.5) is 0 Å². The maximum Gasteiger partial charge on any atom is 0.227 e. The van der Waals surface area contributed by atoms with E-state index in [1.165, 1.54) is 135 Å². The monoisotopic (exact) mass is 437 g/mol. The summed E-state index contributed by atoms with van der Waals surface area (Å²) in [7, 11) is 0. The van der Waals surface area contributed by atoms with Gasteiger partial charge in [0.2, 0.25) is 5.91 Å². The van der Waals surface area contributed by atoms with Crippen molar-refractivity contribution in [3.63, 3.8) is 0 Å². The van der Waals surface area contributed by atoms with Crippen LogP contribution < -0.4 is 5.73 Å². The van der Waals surface area contributed by atoms with Crippen LogP contribution >= 0.6 is 0 Å². The minimum atomic E-state index is -0.565. The van der Waals surface area contributed by atoms with Crippen molar-refractivity contribution in [1.29, 1.82) is 0 Å². The zero-order valence-corrected chi connectivity index (χ0v) is 21.2. The second kappa shape index (κ2) is 23.8. The molecule has 0 saturated heterocycles. The van der Waals surface area contributed by atoms with Crippen LogP contribution in [0.3, 0.4) is 0 Å². The second-order valence-corrected chi connectivity index (χ2v) is 9.78. The molecule has 0 fully saturated rings. The zero-order valence-electron chi connectivity index (χ0n) is 21.2. The Bertz CT molecular complexity index is 394. The molecule has 1 unspecified atom stereocenters. The summed E-state index contributed by atoms with van der Waals surface area (Å²) >= 11 is 0. The first-order chi connectivity index (χ1) is 15.1. The van der Waals surface area contributed by atoms with Gasteiger partial charge in [0.15, 0.2) is 0 Å². The Kier molecular flexibility index (Phi) is 23.1. The number of ketones is 1. The van der Waals surface area contributed by atoms with Crippen molar-refractivity contribution in [2.45, 2.75) is 162 Å². The molecule has 0 aromatic heterocycles. The number of primary amides is 1. The predicted octanol–water partition coefficient (Wildman–Crippen LogP) is 8.67. The van der Waals surface area contributed by atoms with Crippen LogP contribution in [0.2, 0.25) is 0 Å². The van der Waals surface area contributed by atoms with Crippen LogP contribution in [0.25, 0.3) is 0 Å². The van der Waals surface area contributed by atoms with Crippen LogP contribution in [0.1, 0.15) is 162 Å². The smallest absolute Gasteiger partial charge is 0.227 e. The van der Waals surface area contributed by atoms with Crippen LogP contribution in [0, 0.1) is 5.92 Å². The lowest BCUT2D eigenvalue weighted by Crippen LogP contribution is -2.28. The van der Waals surface area contributed by atoms with Gasteiger partial charge in [-0.1, -0.05) is 148 Å². The molecule has 3 heteroatoms. The molecule has 0 heterocycles. The normalized spacial score (nSPS) is 12.2. The molecule has 1 atom stereocenters. The van der Waals surface area contributed by atoms with Gasteiger partial charge >= 0.3 is 0 Å². The fourth-order valence-electron chi connectivity index (χ4n) is 4.50. The SMILES string of the molecule is CCCCCCCCCCCCCCCCCCCCCCCCC(C(C)=O)C(N)=O. The van der Waals surface area contributed by atoms with Crippen molar-refractivity contribution in [3.05, 3.63) is 0 Å². The third kappa shape index (κ3) is 22.1. The highest BCUT2D eigenvalue weighted by Gasteiger charge is 2.19. The molecule has 2 N–H and O–H groups in total. The van der Waals surface area contributed by atoms with E-state index >= 15 is 0 Å². The summed E-state index contributed by atoms with van der Waals surface area (Å²) in [6, 6.07) is 0. The Balaban J connectivity index is 3.16. The predicted molar refractivity (Wildman–Crippen MR) is 135 cm³/mol. The third-order valence-electron chi connectivity index (χ3n) is 6.68. The molecule has 0 radical (unpaired) electrons. The lowest BCUT2D eigenvalue weighted by atomic mass is 9.96. The molecule has 0 bridgehead atoms. The average molecular weight is 438 g/mol. The zero-order chi connectivity index (χ0) is 23.0. The van der Waals surface area contributed by atoms with E-state index in [-0.39, 0.29) is 5.78 Å². The highest BCUT2D eigenvalue weighted by molar-refractivity contribution is 5.99. The standard InChI is InChI=1S/C28H55NO2/c1-3-4-5-6-7-8-9-10-11-12-13-14-15-16-17-18-19-20-21-22-23-24-25-27(26(2)30)28(29)31/h27H,3-25H2,1-2H3,(H2,29,31). The van der Waals surface area contributed by atoms with E-state index in [9.17, 15) is 9.59 Å². The number of rotatable bonds is 25. The molecule has 1 amide bonds. The largest absolute Gasteiger partial charge is 0.369 e. The summed E-state index contributed by atoms with van der Waals surface area (Å²) in [5.74, 6) is -1.11. The van der Waals surface area contributed by atoms with Crippen molar-refractivity contribution < 1.29 is 9.59 Å². The Hall–Kier alpha value is -0.860. The van der Waals surface area contributed by atoms with Gasteiger partial charge in [0.25, 0.3) is 0 Å². The lowest BCUT2D eigenvalue weighted by molar-refractivity contribution is -0.131. The summed E-state index contributed by atoms with van der Waals surface area (Å²) in [5.41, 5.74) is 5.27. The molecule has 184 valence electrons. The first-order valence-electron chi connectivity index (χ1n) is 13.9. The molecular formula is C28H55NO2. The van der Waals surface area contributed by atoms with E-state index in [1.54, 1.807) is 0 Å². The molecular weight excluding hydrogens is 382 g/mol. The summed E-state index contributed by atoms with van der Waals surface area (Å²) in [4.78, 5) is 22.5. The van der Waals surface area contributed by atoms with Gasteiger partial charge in [-0.2, -0.15) is 0 Å². The summed E-state index contributed by atoms with van der Waals surface area (Å²) in [5, 5.41) is 0. The van der Waals surface area contributed by atoms with Gasteiger partial charge < -0.3 is 5.73 Å². The van der Waals surface area contributed by atoms with E-state index in [0.717, 1.165) is 12.8 Å². The first kappa shape index (κ1) is 30.1. The van der Waals surface area contributed by atoms with Crippen molar-refractivity contribution >= 4 is 11.7 Å². The molecule has 0 aliphatic heterocycles. The Morgan fingerprint density at radius 2 is 0.774 bits per heavy atom. The maximum absolute atomic E-state index is 11.3. The number of hydrogen-bond donors (Lipinski definition) is 1. The van der Waals surface area contributed by atoms with Gasteiger partial charge in [0.1, 0.15) is 5.78 Å². The average Bonchev–Trinajstić information content (AvgIpc) is 2.73. The minimum Gasteiger partial charge on any atom is -0.369 e. The second-order valence-electron chi connectivity index (χ2n) is 9.78. The van der Waals surface area contributed by atoms with Gasteiger partial charge in [-0.3, -0.25) is 9.59 Å². The van der Waals surface area contributed by atoms with Gasteiger partial charge in [-0.05, 0) is 13.3 Å². The van der Waals surface area contributed by atoms with Crippen molar-refractivity contribution in [3.8, 4) is 0 Å². The van der Waals surface area contributed by atoms with Gasteiger partial charge in [0.05, 0.1) is 5.92 Å². The topological polar surface area (TPSA) is 60.2 Å². The number of carbonyl (C=O) groups is 2. The molecule has 3 nitrogen and oxygen atoms in total. The number of Topliss-reactive ketones (excluding diaryl/α,β-unsaturated/α-hetero) is 1. The lowest BCUT2D eigenvalue weighted by Gasteiger charge is -2.09. The van der Waals surface area contributed by atoms with E-state index in [1.807, 2.05) is 0 Å². The Labute approximate surface area is 194 Å². The number of hydrogen-bond acceptors (Lipinski definition) is 2. The third-order valence-corrected chi connectivity index (χ3v) is 6.68. The highest BCUT2D eigenvalue weighted by Crippen LogP contribution is 2.16. The summed E-state index contributed by atoms with van der Waals surface area (Å²) in [6.07, 6.45) is 30.7. The van der Waals surface area contributed by atoms with Crippen molar-refractivity contribution in [2.24, 2.45) is 11.7 Å². The van der Waals surface area contributed by atoms with E-state index in [0.29, 0.717) is 6.42 Å². The van der Waals surface area contributed by atoms with Crippen LogP contribution in [0.15, 0.2) is 0 Å². The van der Waals surface area contributed by atoms with E-state index < -0.39 is 11.8 Å². The fourth-order valence-corrected chi connectivity index (χ4v) is 4.50. The molecule has 0 aromatic carbocycles. The molecule has 0 aliphatic carbocycles. The van der Waals surface area contributed by atoms with E-state index in [4.69, 9.17) is 5.73 Å². The van der Waals surface area contributed by atoms with Crippen LogP contribution in [-0.2, 0) is 9.59 Å². The van der Waals surface area contributed by atoms with Crippen LogP contribution in [-0.4, -0.2) is 11.7 Å². The number of amides is 1. The van der Waals surface area contributed by atoms with Crippen LogP contribution in [0.5, 0.6) is 0 Å². The number of carbonyl (C=O) groups excluding carboxylic acids is 2. The molecule has 31 heavy (non-hydrogen) atoms. The van der Waals surface area contributed by atoms with Crippen molar-refractivity contribution in [2.75, 3.05) is 0 Å². The first-order valence-corrected chi connectivity index (χ1v) is 13.9. The minimum absolute atomic E-state index is 0.0870. The van der Waals surface area contributed by atoms with Gasteiger partial charge in [0, 0.05) is 0 Å². The quantitative estimate of drug-likeness (QED) is 0.115. The summed E-state index contributed by atoms with van der Waals surface area (Å²) < 4.78 is 0. The molecule has 0 saturated carbocycles. The molecule has 0 rings (SSSR count).